The summed E-state index contributed by atoms with van der Waals surface area (Å²) >= 11 is 5.55. The zero-order valence-corrected chi connectivity index (χ0v) is 10.8. The zero-order chi connectivity index (χ0) is 15.6. The molecule has 9 heteroatoms. The maximum absolute atomic E-state index is 13.1. The van der Waals surface area contributed by atoms with Crippen LogP contribution in [-0.2, 0) is 0 Å². The van der Waals surface area contributed by atoms with Gasteiger partial charge in [-0.2, -0.15) is 8.78 Å². The van der Waals surface area contributed by atoms with Crippen LogP contribution in [0.1, 0.15) is 12.1 Å². The molecule has 1 heterocycles. The Labute approximate surface area is 120 Å². The number of aromatic nitrogens is 2. The molecule has 0 spiro atoms. The standard InChI is InChI=1S/C12H6ClF5N2O/c13-10-9(11(15)16)19-4-7(20-10)6-2-1-5(14)3-8(6)21-12(17)18/h1-4,11-12H. The van der Waals surface area contributed by atoms with Gasteiger partial charge in [0.25, 0.3) is 6.43 Å². The fraction of sp³-hybridized carbons (Fsp3) is 0.167. The average Bonchev–Trinajstić information content (AvgIpc) is 2.37. The summed E-state index contributed by atoms with van der Waals surface area (Å²) in [6.45, 7) is -3.19. The van der Waals surface area contributed by atoms with Crippen LogP contribution < -0.4 is 4.74 Å². The molecule has 21 heavy (non-hydrogen) atoms. The number of halogens is 6. The van der Waals surface area contributed by atoms with Gasteiger partial charge in [-0.1, -0.05) is 11.6 Å². The van der Waals surface area contributed by atoms with Crippen molar-refractivity contribution in [2.24, 2.45) is 0 Å². The molecule has 2 aromatic rings. The molecule has 3 nitrogen and oxygen atoms in total. The molecule has 2 rings (SSSR count). The predicted octanol–water partition coefficient (Wildman–Crippen LogP) is 4.48. The van der Waals surface area contributed by atoms with Gasteiger partial charge in [0.05, 0.1) is 11.9 Å². The van der Waals surface area contributed by atoms with Gasteiger partial charge in [-0.25, -0.2) is 23.1 Å². The van der Waals surface area contributed by atoms with Crippen LogP contribution in [0.3, 0.4) is 0 Å². The summed E-state index contributed by atoms with van der Waals surface area (Å²) in [6, 6.07) is 2.80. The van der Waals surface area contributed by atoms with Crippen molar-refractivity contribution in [2.45, 2.75) is 13.0 Å². The molecular weight excluding hydrogens is 319 g/mol. The van der Waals surface area contributed by atoms with Gasteiger partial charge in [0.1, 0.15) is 17.3 Å². The topological polar surface area (TPSA) is 35.0 Å². The Bertz CT molecular complexity index is 654. The Kier molecular flexibility index (Phi) is 4.56. The number of nitrogens with zero attached hydrogens (tertiary/aromatic N) is 2. The first-order valence-corrected chi connectivity index (χ1v) is 5.81. The van der Waals surface area contributed by atoms with Gasteiger partial charge in [0, 0.05) is 11.6 Å². The van der Waals surface area contributed by atoms with Crippen molar-refractivity contribution in [3.05, 3.63) is 41.1 Å². The lowest BCUT2D eigenvalue weighted by atomic mass is 10.1. The minimum atomic E-state index is -3.19. The molecule has 0 aliphatic carbocycles. The zero-order valence-electron chi connectivity index (χ0n) is 10.0. The van der Waals surface area contributed by atoms with E-state index < -0.39 is 35.5 Å². The maximum Gasteiger partial charge on any atom is 0.387 e. The highest BCUT2D eigenvalue weighted by Gasteiger charge is 2.18. The number of ether oxygens (including phenoxy) is 1. The lowest BCUT2D eigenvalue weighted by Gasteiger charge is -2.11. The maximum atomic E-state index is 13.1. The van der Waals surface area contributed by atoms with Gasteiger partial charge >= 0.3 is 6.61 Å². The summed E-state index contributed by atoms with van der Waals surface area (Å²) in [7, 11) is 0. The first-order valence-electron chi connectivity index (χ1n) is 5.44. The third-order valence-corrected chi connectivity index (χ3v) is 2.68. The highest BCUT2D eigenvalue weighted by atomic mass is 35.5. The molecule has 0 aliphatic heterocycles. The highest BCUT2D eigenvalue weighted by Crippen LogP contribution is 2.32. The lowest BCUT2D eigenvalue weighted by Crippen LogP contribution is -2.04. The van der Waals surface area contributed by atoms with E-state index in [2.05, 4.69) is 14.7 Å². The average molecular weight is 325 g/mol. The number of benzene rings is 1. The minimum Gasteiger partial charge on any atom is -0.434 e. The molecule has 1 aromatic heterocycles. The van der Waals surface area contributed by atoms with E-state index in [1.807, 2.05) is 0 Å². The van der Waals surface area contributed by atoms with Crippen molar-refractivity contribution in [1.29, 1.82) is 0 Å². The predicted molar refractivity (Wildman–Crippen MR) is 64.0 cm³/mol. The molecule has 0 aliphatic rings. The third kappa shape index (κ3) is 3.57. The normalized spacial score (nSPS) is 11.2. The van der Waals surface area contributed by atoms with E-state index in [0.717, 1.165) is 24.4 Å². The van der Waals surface area contributed by atoms with Crippen LogP contribution in [0, 0.1) is 5.82 Å². The summed E-state index contributed by atoms with van der Waals surface area (Å²) in [6.07, 6.45) is -2.01. The van der Waals surface area contributed by atoms with E-state index >= 15 is 0 Å². The second kappa shape index (κ2) is 6.21. The van der Waals surface area contributed by atoms with E-state index in [1.54, 1.807) is 0 Å². The third-order valence-electron chi connectivity index (χ3n) is 2.40. The number of hydrogen-bond donors (Lipinski definition) is 0. The van der Waals surface area contributed by atoms with Crippen LogP contribution in [0.15, 0.2) is 24.4 Å². The summed E-state index contributed by atoms with van der Waals surface area (Å²) in [4.78, 5) is 7.05. The monoisotopic (exact) mass is 324 g/mol. The van der Waals surface area contributed by atoms with Gasteiger partial charge in [-0.15, -0.1) is 0 Å². The summed E-state index contributed by atoms with van der Waals surface area (Å²) in [5, 5.41) is -0.574. The Hall–Kier alpha value is -1.96. The van der Waals surface area contributed by atoms with E-state index in [-0.39, 0.29) is 11.3 Å². The van der Waals surface area contributed by atoms with Crippen molar-refractivity contribution in [3.63, 3.8) is 0 Å². The summed E-state index contributed by atoms with van der Waals surface area (Å²) in [5.41, 5.74) is -0.883. The minimum absolute atomic E-state index is 0.0492. The first-order chi connectivity index (χ1) is 9.88. The second-order valence-electron chi connectivity index (χ2n) is 3.75. The van der Waals surface area contributed by atoms with Gasteiger partial charge in [0.2, 0.25) is 0 Å². The van der Waals surface area contributed by atoms with Gasteiger partial charge in [-0.3, -0.25) is 0 Å². The smallest absolute Gasteiger partial charge is 0.387 e. The second-order valence-corrected chi connectivity index (χ2v) is 4.11. The Morgan fingerprint density at radius 3 is 2.43 bits per heavy atom. The van der Waals surface area contributed by atoms with Crippen LogP contribution in [0.25, 0.3) is 11.3 Å². The van der Waals surface area contributed by atoms with E-state index in [4.69, 9.17) is 11.6 Å². The van der Waals surface area contributed by atoms with E-state index in [1.165, 1.54) is 0 Å². The van der Waals surface area contributed by atoms with Crippen LogP contribution in [0.4, 0.5) is 22.0 Å². The van der Waals surface area contributed by atoms with Crippen molar-refractivity contribution >= 4 is 11.6 Å². The summed E-state index contributed by atoms with van der Waals surface area (Å²) < 4.78 is 66.8. The number of rotatable bonds is 4. The Morgan fingerprint density at radius 1 is 1.14 bits per heavy atom. The van der Waals surface area contributed by atoms with Crippen LogP contribution in [0.5, 0.6) is 5.75 Å². The quantitative estimate of drug-likeness (QED) is 0.778. The van der Waals surface area contributed by atoms with Crippen molar-refractivity contribution in [1.82, 2.24) is 9.97 Å². The summed E-state index contributed by atoms with van der Waals surface area (Å²) in [5.74, 6) is -1.31. The Morgan fingerprint density at radius 2 is 1.86 bits per heavy atom. The molecule has 0 atom stereocenters. The molecule has 0 saturated heterocycles. The van der Waals surface area contributed by atoms with Crippen molar-refractivity contribution in [2.75, 3.05) is 0 Å². The lowest BCUT2D eigenvalue weighted by molar-refractivity contribution is -0.0496. The van der Waals surface area contributed by atoms with Crippen LogP contribution in [0.2, 0.25) is 5.15 Å². The Balaban J connectivity index is 2.48. The largest absolute Gasteiger partial charge is 0.434 e. The molecule has 0 amide bonds. The molecule has 0 bridgehead atoms. The molecule has 112 valence electrons. The fourth-order valence-electron chi connectivity index (χ4n) is 1.55. The number of alkyl halides is 4. The molecular formula is C12H6ClF5N2O. The van der Waals surface area contributed by atoms with Crippen molar-refractivity contribution in [3.8, 4) is 17.0 Å². The SMILES string of the molecule is Fc1ccc(-c2cnc(C(F)F)c(Cl)n2)c(OC(F)F)c1. The molecule has 0 saturated carbocycles. The van der Waals surface area contributed by atoms with E-state index in [9.17, 15) is 22.0 Å². The molecule has 0 N–H and O–H groups in total. The van der Waals surface area contributed by atoms with Crippen LogP contribution >= 0.6 is 11.6 Å². The fourth-order valence-corrected chi connectivity index (χ4v) is 1.78. The van der Waals surface area contributed by atoms with Crippen molar-refractivity contribution < 1.29 is 26.7 Å². The van der Waals surface area contributed by atoms with Gasteiger partial charge in [-0.05, 0) is 12.1 Å². The van der Waals surface area contributed by atoms with Gasteiger partial charge in [0.15, 0.2) is 5.15 Å². The molecule has 0 radical (unpaired) electrons. The van der Waals surface area contributed by atoms with Gasteiger partial charge < -0.3 is 4.74 Å². The highest BCUT2D eigenvalue weighted by molar-refractivity contribution is 6.30. The van der Waals surface area contributed by atoms with E-state index in [0.29, 0.717) is 0 Å². The molecule has 1 aromatic carbocycles. The molecule has 0 fully saturated rings. The van der Waals surface area contributed by atoms with Crippen LogP contribution in [-0.4, -0.2) is 16.6 Å². The number of hydrogen-bond acceptors (Lipinski definition) is 3. The molecule has 0 unspecified atom stereocenters. The first kappa shape index (κ1) is 15.4.